The Morgan fingerprint density at radius 2 is 1.02 bits per heavy atom. The van der Waals surface area contributed by atoms with Gasteiger partial charge in [0.05, 0.1) is 11.4 Å². The van der Waals surface area contributed by atoms with Crippen molar-refractivity contribution in [3.8, 4) is 45.3 Å². The van der Waals surface area contributed by atoms with E-state index < -0.39 is 0 Å². The predicted octanol–water partition coefficient (Wildman–Crippen LogP) is 8.23. The molecule has 6 aromatic carbocycles. The summed E-state index contributed by atoms with van der Waals surface area (Å²) in [4.78, 5) is 22.7. The van der Waals surface area contributed by atoms with E-state index in [4.69, 9.17) is 9.97 Å². The van der Waals surface area contributed by atoms with Gasteiger partial charge in [-0.2, -0.15) is 0 Å². The van der Waals surface area contributed by atoms with Crippen LogP contribution in [0, 0.1) is 0 Å². The van der Waals surface area contributed by atoms with Crippen molar-refractivity contribution in [2.24, 2.45) is 0 Å². The summed E-state index contributed by atoms with van der Waals surface area (Å²) in [5, 5.41) is 7.40. The molecule has 0 fully saturated rings. The Labute approximate surface area is 230 Å². The Morgan fingerprint density at radius 1 is 0.425 bits per heavy atom. The van der Waals surface area contributed by atoms with Gasteiger partial charge in [0, 0.05) is 22.3 Å². The second-order valence-corrected chi connectivity index (χ2v) is 9.84. The predicted molar refractivity (Wildman–Crippen MR) is 161 cm³/mol. The van der Waals surface area contributed by atoms with E-state index in [9.17, 15) is 0 Å². The summed E-state index contributed by atoms with van der Waals surface area (Å²) in [6.45, 7) is 0. The van der Waals surface area contributed by atoms with E-state index in [-0.39, 0.29) is 0 Å². The maximum Gasteiger partial charge on any atom is 0.162 e. The molecular weight excluding hydrogens is 490 g/mol. The molecular formula is C35H21N5. The number of benzene rings is 6. The summed E-state index contributed by atoms with van der Waals surface area (Å²) in [5.74, 6) is 1.35. The van der Waals surface area contributed by atoms with Crippen molar-refractivity contribution in [1.29, 1.82) is 0 Å². The monoisotopic (exact) mass is 511 g/mol. The minimum absolute atomic E-state index is 0.642. The highest BCUT2D eigenvalue weighted by Crippen LogP contribution is 2.39. The zero-order valence-corrected chi connectivity index (χ0v) is 21.4. The van der Waals surface area contributed by atoms with E-state index in [2.05, 4.69) is 99.9 Å². The molecule has 2 heterocycles. The lowest BCUT2D eigenvalue weighted by atomic mass is 9.91. The first-order valence-electron chi connectivity index (χ1n) is 13.2. The molecule has 8 aromatic rings. The van der Waals surface area contributed by atoms with Gasteiger partial charge in [0.1, 0.15) is 12.7 Å². The SMILES string of the molecule is c1ccc(-c2cc(-c3ccc(-c4ncncn4)cc3)nc(-c3ccc4ccc5cccc6ccc3c4c56)n2)cc1. The molecule has 0 unspecified atom stereocenters. The molecule has 0 aliphatic rings. The number of hydrogen-bond acceptors (Lipinski definition) is 5. The van der Waals surface area contributed by atoms with Gasteiger partial charge in [-0.1, -0.05) is 103 Å². The average Bonchev–Trinajstić information content (AvgIpc) is 3.04. The zero-order valence-electron chi connectivity index (χ0n) is 21.4. The van der Waals surface area contributed by atoms with Gasteiger partial charge < -0.3 is 0 Å². The van der Waals surface area contributed by atoms with Crippen LogP contribution in [0.3, 0.4) is 0 Å². The Morgan fingerprint density at radius 3 is 1.75 bits per heavy atom. The molecule has 0 N–H and O–H groups in total. The van der Waals surface area contributed by atoms with Crippen LogP contribution in [0.15, 0.2) is 128 Å². The Balaban J connectivity index is 1.34. The minimum Gasteiger partial charge on any atom is -0.228 e. The van der Waals surface area contributed by atoms with Gasteiger partial charge >= 0.3 is 0 Å². The molecule has 0 amide bonds. The lowest BCUT2D eigenvalue weighted by molar-refractivity contribution is 1.06. The minimum atomic E-state index is 0.642. The highest BCUT2D eigenvalue weighted by atomic mass is 15.0. The van der Waals surface area contributed by atoms with Crippen LogP contribution in [-0.4, -0.2) is 24.9 Å². The van der Waals surface area contributed by atoms with Gasteiger partial charge in [0.25, 0.3) is 0 Å². The third kappa shape index (κ3) is 3.68. The number of aromatic nitrogens is 5. The van der Waals surface area contributed by atoms with E-state index in [1.54, 1.807) is 0 Å². The van der Waals surface area contributed by atoms with Gasteiger partial charge in [0.2, 0.25) is 0 Å². The molecule has 0 aliphatic heterocycles. The Hall–Kier alpha value is -5.55. The van der Waals surface area contributed by atoms with E-state index in [1.165, 1.54) is 39.6 Å². The van der Waals surface area contributed by atoms with Crippen molar-refractivity contribution in [2.75, 3.05) is 0 Å². The molecule has 186 valence electrons. The van der Waals surface area contributed by atoms with Crippen molar-refractivity contribution >= 4 is 32.3 Å². The Bertz CT molecular complexity index is 2120. The van der Waals surface area contributed by atoms with E-state index in [0.29, 0.717) is 11.6 Å². The first-order valence-corrected chi connectivity index (χ1v) is 13.2. The molecule has 0 aliphatic carbocycles. The molecule has 2 aromatic heterocycles. The topological polar surface area (TPSA) is 64.5 Å². The van der Waals surface area contributed by atoms with Gasteiger partial charge in [0.15, 0.2) is 11.6 Å². The summed E-state index contributed by atoms with van der Waals surface area (Å²) < 4.78 is 0. The zero-order chi connectivity index (χ0) is 26.5. The van der Waals surface area contributed by atoms with Crippen LogP contribution in [0.4, 0.5) is 0 Å². The van der Waals surface area contributed by atoms with Crippen molar-refractivity contribution in [1.82, 2.24) is 24.9 Å². The molecule has 0 bridgehead atoms. The lowest BCUT2D eigenvalue weighted by Gasteiger charge is -2.15. The van der Waals surface area contributed by atoms with Crippen molar-refractivity contribution < 1.29 is 0 Å². The van der Waals surface area contributed by atoms with Gasteiger partial charge in [-0.05, 0) is 44.5 Å². The van der Waals surface area contributed by atoms with Crippen LogP contribution in [-0.2, 0) is 0 Å². The molecule has 0 saturated carbocycles. The molecule has 0 spiro atoms. The molecule has 0 atom stereocenters. The summed E-state index contributed by atoms with van der Waals surface area (Å²) in [7, 11) is 0. The summed E-state index contributed by atoms with van der Waals surface area (Å²) in [5.41, 5.74) is 5.73. The van der Waals surface area contributed by atoms with Gasteiger partial charge in [-0.3, -0.25) is 0 Å². The largest absolute Gasteiger partial charge is 0.228 e. The summed E-state index contributed by atoms with van der Waals surface area (Å²) in [6, 6.07) is 40.1. The summed E-state index contributed by atoms with van der Waals surface area (Å²) >= 11 is 0. The number of nitrogens with zero attached hydrogens (tertiary/aromatic N) is 5. The molecule has 5 heteroatoms. The lowest BCUT2D eigenvalue weighted by Crippen LogP contribution is -1.97. The summed E-state index contributed by atoms with van der Waals surface area (Å²) in [6.07, 6.45) is 3.02. The third-order valence-corrected chi connectivity index (χ3v) is 7.50. The quantitative estimate of drug-likeness (QED) is 0.223. The van der Waals surface area contributed by atoms with E-state index >= 15 is 0 Å². The first kappa shape index (κ1) is 22.4. The van der Waals surface area contributed by atoms with Crippen LogP contribution in [0.2, 0.25) is 0 Å². The molecule has 8 rings (SSSR count). The van der Waals surface area contributed by atoms with Crippen molar-refractivity contribution in [2.45, 2.75) is 0 Å². The molecule has 0 saturated heterocycles. The standard InChI is InChI=1S/C35H21N5/c1-2-5-22(6-3-1)30-19-31(23-9-13-27(14-10-23)34-37-20-36-21-38-34)40-35(39-30)29-18-16-26-12-11-24-7-4-8-25-15-17-28(29)33(26)32(24)25/h1-21H. The highest BCUT2D eigenvalue weighted by molar-refractivity contribution is 6.25. The van der Waals surface area contributed by atoms with Crippen molar-refractivity contribution in [3.63, 3.8) is 0 Å². The Kier molecular flexibility index (Phi) is 5.07. The third-order valence-electron chi connectivity index (χ3n) is 7.50. The number of rotatable bonds is 4. The van der Waals surface area contributed by atoms with Crippen LogP contribution >= 0.6 is 0 Å². The first-order chi connectivity index (χ1) is 19.8. The smallest absolute Gasteiger partial charge is 0.162 e. The molecule has 5 nitrogen and oxygen atoms in total. The normalized spacial score (nSPS) is 11.5. The fourth-order valence-corrected chi connectivity index (χ4v) is 5.58. The fourth-order valence-electron chi connectivity index (χ4n) is 5.58. The average molecular weight is 512 g/mol. The molecule has 40 heavy (non-hydrogen) atoms. The van der Waals surface area contributed by atoms with Crippen LogP contribution in [0.5, 0.6) is 0 Å². The van der Waals surface area contributed by atoms with E-state index in [0.717, 1.165) is 39.0 Å². The second kappa shape index (κ2) is 9.03. The van der Waals surface area contributed by atoms with Crippen molar-refractivity contribution in [3.05, 3.63) is 128 Å². The fraction of sp³-hybridized carbons (Fsp3) is 0. The molecule has 0 radical (unpaired) electrons. The van der Waals surface area contributed by atoms with Gasteiger partial charge in [-0.15, -0.1) is 0 Å². The number of hydrogen-bond donors (Lipinski definition) is 0. The maximum atomic E-state index is 5.13. The maximum absolute atomic E-state index is 5.13. The van der Waals surface area contributed by atoms with Crippen LogP contribution in [0.25, 0.3) is 77.6 Å². The van der Waals surface area contributed by atoms with E-state index in [1.807, 2.05) is 30.3 Å². The second-order valence-electron chi connectivity index (χ2n) is 9.84. The van der Waals surface area contributed by atoms with Crippen LogP contribution < -0.4 is 0 Å². The van der Waals surface area contributed by atoms with Gasteiger partial charge in [-0.25, -0.2) is 24.9 Å². The highest BCUT2D eigenvalue weighted by Gasteiger charge is 2.16. The van der Waals surface area contributed by atoms with Crippen LogP contribution in [0.1, 0.15) is 0 Å².